The third-order valence-electron chi connectivity index (χ3n) is 2.46. The van der Waals surface area contributed by atoms with Crippen LogP contribution in [0.3, 0.4) is 0 Å². The average molecular weight is 267 g/mol. The molecule has 0 unspecified atom stereocenters. The maximum Gasteiger partial charge on any atom is 0.239 e. The van der Waals surface area contributed by atoms with Crippen molar-refractivity contribution in [2.75, 3.05) is 11.2 Å². The number of furan rings is 1. The minimum absolute atomic E-state index is 0.158. The number of benzene rings is 1. The molecule has 0 saturated carbocycles. The summed E-state index contributed by atoms with van der Waals surface area (Å²) in [6.45, 7) is 1.58. The van der Waals surface area contributed by atoms with E-state index >= 15 is 0 Å². The van der Waals surface area contributed by atoms with E-state index in [4.69, 9.17) is 21.2 Å². The molecule has 1 aromatic heterocycles. The zero-order chi connectivity index (χ0) is 13.1. The SMILES string of the molecule is C/C(=N\O)c1oc2ccccc2c1NC(=O)CCl. The van der Waals surface area contributed by atoms with Gasteiger partial charge in [0.15, 0.2) is 5.76 Å². The lowest BCUT2D eigenvalue weighted by atomic mass is 10.2. The maximum absolute atomic E-state index is 11.4. The minimum Gasteiger partial charge on any atom is -0.452 e. The van der Waals surface area contributed by atoms with E-state index in [0.717, 1.165) is 5.39 Å². The van der Waals surface area contributed by atoms with Gasteiger partial charge in [0.25, 0.3) is 0 Å². The number of carbonyl (C=O) groups excluding carboxylic acids is 1. The van der Waals surface area contributed by atoms with Crippen molar-refractivity contribution < 1.29 is 14.4 Å². The Morgan fingerprint density at radius 2 is 2.22 bits per heavy atom. The highest BCUT2D eigenvalue weighted by Crippen LogP contribution is 2.31. The van der Waals surface area contributed by atoms with Crippen LogP contribution in [0.25, 0.3) is 11.0 Å². The lowest BCUT2D eigenvalue weighted by Crippen LogP contribution is -2.14. The van der Waals surface area contributed by atoms with Gasteiger partial charge in [0.05, 0.1) is 5.69 Å². The van der Waals surface area contributed by atoms with Crippen LogP contribution in [0.4, 0.5) is 5.69 Å². The standard InChI is InChI=1S/C12H11ClN2O3/c1-7(15-17)12-11(14-10(16)6-13)8-4-2-3-5-9(8)18-12/h2-5,17H,6H2,1H3,(H,14,16)/b15-7+. The van der Waals surface area contributed by atoms with Crippen molar-refractivity contribution in [3.05, 3.63) is 30.0 Å². The Balaban J connectivity index is 2.61. The molecule has 0 aliphatic rings. The largest absolute Gasteiger partial charge is 0.452 e. The lowest BCUT2D eigenvalue weighted by molar-refractivity contribution is -0.113. The van der Waals surface area contributed by atoms with Crippen LogP contribution in [0.2, 0.25) is 0 Å². The first-order valence-corrected chi connectivity index (χ1v) is 5.77. The van der Waals surface area contributed by atoms with E-state index in [9.17, 15) is 4.79 Å². The van der Waals surface area contributed by atoms with Crippen LogP contribution in [-0.4, -0.2) is 22.7 Å². The summed E-state index contributed by atoms with van der Waals surface area (Å²) in [7, 11) is 0. The zero-order valence-electron chi connectivity index (χ0n) is 9.61. The first-order chi connectivity index (χ1) is 8.67. The normalized spacial score (nSPS) is 11.8. The number of anilines is 1. The number of nitrogens with zero attached hydrogens (tertiary/aromatic N) is 1. The predicted octanol–water partition coefficient (Wildman–Crippen LogP) is 2.81. The van der Waals surface area contributed by atoms with Crippen molar-refractivity contribution in [2.24, 2.45) is 5.16 Å². The number of para-hydroxylation sites is 1. The Hall–Kier alpha value is -2.01. The van der Waals surface area contributed by atoms with Gasteiger partial charge in [-0.15, -0.1) is 11.6 Å². The van der Waals surface area contributed by atoms with E-state index in [1.54, 1.807) is 19.1 Å². The smallest absolute Gasteiger partial charge is 0.239 e. The summed E-state index contributed by atoms with van der Waals surface area (Å²) < 4.78 is 5.55. The van der Waals surface area contributed by atoms with E-state index in [1.165, 1.54) is 0 Å². The number of amides is 1. The molecule has 0 atom stereocenters. The average Bonchev–Trinajstić information content (AvgIpc) is 2.77. The van der Waals surface area contributed by atoms with E-state index in [2.05, 4.69) is 10.5 Å². The number of carbonyl (C=O) groups is 1. The van der Waals surface area contributed by atoms with Crippen molar-refractivity contribution >= 4 is 39.9 Å². The molecule has 2 N–H and O–H groups in total. The quantitative estimate of drug-likeness (QED) is 0.388. The van der Waals surface area contributed by atoms with Crippen molar-refractivity contribution in [3.63, 3.8) is 0 Å². The number of halogens is 1. The highest BCUT2D eigenvalue weighted by molar-refractivity contribution is 6.29. The zero-order valence-corrected chi connectivity index (χ0v) is 10.4. The van der Waals surface area contributed by atoms with E-state index in [-0.39, 0.29) is 17.5 Å². The molecule has 18 heavy (non-hydrogen) atoms. The number of fused-ring (bicyclic) bond motifs is 1. The molecule has 0 radical (unpaired) electrons. The summed E-state index contributed by atoms with van der Waals surface area (Å²) in [6, 6.07) is 7.20. The number of alkyl halides is 1. The molecule has 6 heteroatoms. The Kier molecular flexibility index (Phi) is 3.53. The fourth-order valence-electron chi connectivity index (χ4n) is 1.64. The van der Waals surface area contributed by atoms with Crippen molar-refractivity contribution in [1.82, 2.24) is 0 Å². The Bertz CT molecular complexity index is 619. The first-order valence-electron chi connectivity index (χ1n) is 5.23. The van der Waals surface area contributed by atoms with Crippen molar-refractivity contribution in [2.45, 2.75) is 6.92 Å². The summed E-state index contributed by atoms with van der Waals surface area (Å²) in [6.07, 6.45) is 0. The second kappa shape index (κ2) is 5.10. The van der Waals surface area contributed by atoms with Crippen LogP contribution in [0.15, 0.2) is 33.8 Å². The van der Waals surface area contributed by atoms with Crippen LogP contribution >= 0.6 is 11.6 Å². The van der Waals surface area contributed by atoms with Gasteiger partial charge < -0.3 is 14.9 Å². The van der Waals surface area contributed by atoms with Crippen molar-refractivity contribution in [1.29, 1.82) is 0 Å². The molecule has 0 fully saturated rings. The van der Waals surface area contributed by atoms with Gasteiger partial charge >= 0.3 is 0 Å². The molecular weight excluding hydrogens is 256 g/mol. The van der Waals surface area contributed by atoms with Gasteiger partial charge in [-0.25, -0.2) is 0 Å². The Morgan fingerprint density at radius 1 is 1.50 bits per heavy atom. The fraction of sp³-hybridized carbons (Fsp3) is 0.167. The number of rotatable bonds is 3. The molecule has 2 rings (SSSR count). The molecule has 0 spiro atoms. The van der Waals surface area contributed by atoms with E-state index < -0.39 is 0 Å². The lowest BCUT2D eigenvalue weighted by Gasteiger charge is -2.02. The second-order valence-corrected chi connectivity index (χ2v) is 3.94. The number of nitrogens with one attached hydrogen (secondary N) is 1. The van der Waals surface area contributed by atoms with Crippen molar-refractivity contribution in [3.8, 4) is 0 Å². The van der Waals surface area contributed by atoms with Crippen LogP contribution < -0.4 is 5.32 Å². The highest BCUT2D eigenvalue weighted by Gasteiger charge is 2.18. The van der Waals surface area contributed by atoms with Crippen LogP contribution in [0.5, 0.6) is 0 Å². The molecule has 94 valence electrons. The van der Waals surface area contributed by atoms with E-state index in [0.29, 0.717) is 17.0 Å². The van der Waals surface area contributed by atoms with Gasteiger partial charge in [-0.05, 0) is 19.1 Å². The van der Waals surface area contributed by atoms with E-state index in [1.807, 2.05) is 12.1 Å². The van der Waals surface area contributed by atoms with Gasteiger partial charge in [-0.1, -0.05) is 17.3 Å². The monoisotopic (exact) mass is 266 g/mol. The highest BCUT2D eigenvalue weighted by atomic mass is 35.5. The molecule has 2 aromatic rings. The number of hydrogen-bond acceptors (Lipinski definition) is 4. The summed E-state index contributed by atoms with van der Waals surface area (Å²) in [5.41, 5.74) is 1.34. The summed E-state index contributed by atoms with van der Waals surface area (Å²) in [4.78, 5) is 11.4. The molecule has 0 saturated heterocycles. The molecule has 1 amide bonds. The molecule has 1 aromatic carbocycles. The van der Waals surface area contributed by atoms with Gasteiger partial charge in [-0.3, -0.25) is 4.79 Å². The topological polar surface area (TPSA) is 74.8 Å². The van der Waals surface area contributed by atoms with Crippen LogP contribution in [0, 0.1) is 0 Å². The van der Waals surface area contributed by atoms with Crippen LogP contribution in [-0.2, 0) is 4.79 Å². The van der Waals surface area contributed by atoms with Crippen LogP contribution in [0.1, 0.15) is 12.7 Å². The number of oxime groups is 1. The maximum atomic E-state index is 11.4. The summed E-state index contributed by atoms with van der Waals surface area (Å²) in [5.74, 6) is -0.193. The molecule has 5 nitrogen and oxygen atoms in total. The van der Waals surface area contributed by atoms with Gasteiger partial charge in [0.1, 0.15) is 17.2 Å². The predicted molar refractivity (Wildman–Crippen MR) is 69.6 cm³/mol. The molecule has 0 aliphatic heterocycles. The fourth-order valence-corrected chi connectivity index (χ4v) is 1.71. The van der Waals surface area contributed by atoms with Gasteiger partial charge in [0, 0.05) is 5.39 Å². The first kappa shape index (κ1) is 12.4. The third-order valence-corrected chi connectivity index (χ3v) is 2.70. The number of hydrogen-bond donors (Lipinski definition) is 2. The Morgan fingerprint density at radius 3 is 2.89 bits per heavy atom. The Labute approximate surface area is 108 Å². The van der Waals surface area contributed by atoms with Gasteiger partial charge in [0.2, 0.25) is 5.91 Å². The third kappa shape index (κ3) is 2.17. The molecule has 1 heterocycles. The molecular formula is C12H11ClN2O3. The minimum atomic E-state index is -0.352. The molecule has 0 aliphatic carbocycles. The second-order valence-electron chi connectivity index (χ2n) is 3.67. The summed E-state index contributed by atoms with van der Waals surface area (Å²) >= 11 is 5.46. The summed E-state index contributed by atoms with van der Waals surface area (Å²) in [5, 5.41) is 15.3. The van der Waals surface area contributed by atoms with Gasteiger partial charge in [-0.2, -0.15) is 0 Å². The molecule has 0 bridgehead atoms.